The fourth-order valence-electron chi connectivity index (χ4n) is 1.63. The van der Waals surface area contributed by atoms with Crippen molar-refractivity contribution in [3.8, 4) is 0 Å². The van der Waals surface area contributed by atoms with Crippen molar-refractivity contribution in [3.63, 3.8) is 0 Å². The molecule has 1 rings (SSSR count). The highest BCUT2D eigenvalue weighted by Gasteiger charge is 2.33. The molecule has 0 bridgehead atoms. The second kappa shape index (κ2) is 5.13. The first kappa shape index (κ1) is 12.7. The van der Waals surface area contributed by atoms with E-state index < -0.39 is 0 Å². The molecule has 1 heterocycles. The Hall–Kier alpha value is -0.340. The molecule has 0 spiro atoms. The molecule has 0 saturated carbocycles. The van der Waals surface area contributed by atoms with Crippen LogP contribution in [0.4, 0.5) is 0 Å². The number of hydrogen-bond donors (Lipinski definition) is 0. The minimum atomic E-state index is -0.0585. The average Bonchev–Trinajstić information content (AvgIpc) is 2.15. The lowest BCUT2D eigenvalue weighted by Gasteiger charge is -2.38. The van der Waals surface area contributed by atoms with Crippen molar-refractivity contribution < 1.29 is 9.47 Å². The van der Waals surface area contributed by atoms with Crippen LogP contribution in [0.2, 0.25) is 0 Å². The summed E-state index contributed by atoms with van der Waals surface area (Å²) in [5, 5.41) is 0. The third-order valence-electron chi connectivity index (χ3n) is 2.82. The van der Waals surface area contributed by atoms with Crippen molar-refractivity contribution in [2.24, 2.45) is 5.41 Å². The summed E-state index contributed by atoms with van der Waals surface area (Å²) in [5.74, 6) is 0. The normalized spacial score (nSPS) is 27.5. The van der Waals surface area contributed by atoms with E-state index in [1.807, 2.05) is 0 Å². The molecule has 0 radical (unpaired) electrons. The Morgan fingerprint density at radius 1 is 1.40 bits per heavy atom. The summed E-state index contributed by atoms with van der Waals surface area (Å²) >= 11 is 0. The first-order chi connectivity index (χ1) is 6.92. The average molecular weight is 212 g/mol. The monoisotopic (exact) mass is 212 g/mol. The van der Waals surface area contributed by atoms with Gasteiger partial charge in [0.1, 0.15) is 0 Å². The van der Waals surface area contributed by atoms with Gasteiger partial charge in [-0.3, -0.25) is 0 Å². The van der Waals surface area contributed by atoms with Gasteiger partial charge in [-0.1, -0.05) is 25.5 Å². The van der Waals surface area contributed by atoms with Gasteiger partial charge in [0.15, 0.2) is 6.29 Å². The smallest absolute Gasteiger partial charge is 0.163 e. The molecule has 2 unspecified atom stereocenters. The Labute approximate surface area is 93.7 Å². The summed E-state index contributed by atoms with van der Waals surface area (Å²) in [7, 11) is 0. The Morgan fingerprint density at radius 2 is 2.07 bits per heavy atom. The first-order valence-corrected chi connectivity index (χ1v) is 5.82. The summed E-state index contributed by atoms with van der Waals surface area (Å²) in [4.78, 5) is 0. The van der Waals surface area contributed by atoms with Crippen molar-refractivity contribution in [1.82, 2.24) is 0 Å². The maximum Gasteiger partial charge on any atom is 0.163 e. The molecule has 0 aliphatic carbocycles. The molecule has 0 aromatic carbocycles. The third-order valence-corrected chi connectivity index (χ3v) is 2.82. The van der Waals surface area contributed by atoms with Crippen LogP contribution in [0.5, 0.6) is 0 Å². The molecule has 0 amide bonds. The van der Waals surface area contributed by atoms with Crippen molar-refractivity contribution in [1.29, 1.82) is 0 Å². The van der Waals surface area contributed by atoms with E-state index in [1.165, 1.54) is 5.57 Å². The van der Waals surface area contributed by atoms with E-state index in [-0.39, 0.29) is 11.7 Å². The van der Waals surface area contributed by atoms with Crippen molar-refractivity contribution in [2.75, 3.05) is 6.61 Å². The molecular weight excluding hydrogens is 188 g/mol. The van der Waals surface area contributed by atoms with Gasteiger partial charge in [-0.15, -0.1) is 0 Å². The van der Waals surface area contributed by atoms with E-state index in [2.05, 4.69) is 40.7 Å². The predicted octanol–water partition coefficient (Wildman–Crippen LogP) is 3.52. The van der Waals surface area contributed by atoms with Gasteiger partial charge in [-0.2, -0.15) is 0 Å². The Morgan fingerprint density at radius 3 is 2.60 bits per heavy atom. The van der Waals surface area contributed by atoms with Gasteiger partial charge in [-0.05, 0) is 33.6 Å². The largest absolute Gasteiger partial charge is 0.352 e. The zero-order chi connectivity index (χ0) is 11.5. The predicted molar refractivity (Wildman–Crippen MR) is 62.7 cm³/mol. The number of hydrogen-bond acceptors (Lipinski definition) is 2. The summed E-state index contributed by atoms with van der Waals surface area (Å²) in [6.07, 6.45) is 4.54. The van der Waals surface area contributed by atoms with Crippen LogP contribution >= 0.6 is 0 Å². The minimum Gasteiger partial charge on any atom is -0.352 e. The lowest BCUT2D eigenvalue weighted by Crippen LogP contribution is -2.41. The summed E-state index contributed by atoms with van der Waals surface area (Å²) < 4.78 is 11.5. The number of allylic oxidation sites excluding steroid dienone is 2. The summed E-state index contributed by atoms with van der Waals surface area (Å²) in [6.45, 7) is 11.6. The second-order valence-electron chi connectivity index (χ2n) is 5.41. The minimum absolute atomic E-state index is 0.0585. The van der Waals surface area contributed by atoms with Crippen LogP contribution in [0.1, 0.15) is 47.5 Å². The molecule has 1 aliphatic heterocycles. The van der Waals surface area contributed by atoms with Crippen LogP contribution in [-0.4, -0.2) is 19.0 Å². The molecule has 2 heteroatoms. The zero-order valence-electron chi connectivity index (χ0n) is 10.7. The van der Waals surface area contributed by atoms with E-state index in [4.69, 9.17) is 9.47 Å². The van der Waals surface area contributed by atoms with Gasteiger partial charge in [0.25, 0.3) is 0 Å². The van der Waals surface area contributed by atoms with Crippen LogP contribution in [0.3, 0.4) is 0 Å². The standard InChI is InChI=1S/C13H24O2/c1-10(2)6-8-13(4,5)12-14-9-7-11(3)15-12/h6,11-12H,7-9H2,1-5H3. The van der Waals surface area contributed by atoms with Gasteiger partial charge in [-0.25, -0.2) is 0 Å². The quantitative estimate of drug-likeness (QED) is 0.666. The first-order valence-electron chi connectivity index (χ1n) is 5.82. The van der Waals surface area contributed by atoms with Crippen LogP contribution in [0, 0.1) is 5.41 Å². The van der Waals surface area contributed by atoms with Crippen LogP contribution in [0.15, 0.2) is 11.6 Å². The van der Waals surface area contributed by atoms with Crippen molar-refractivity contribution in [2.45, 2.75) is 59.9 Å². The molecule has 15 heavy (non-hydrogen) atoms. The highest BCUT2D eigenvalue weighted by Crippen LogP contribution is 2.32. The Balaban J connectivity index is 2.55. The Kier molecular flexibility index (Phi) is 4.35. The molecule has 0 aromatic heterocycles. The second-order valence-corrected chi connectivity index (χ2v) is 5.41. The summed E-state index contributed by atoms with van der Waals surface area (Å²) in [5.41, 5.74) is 1.42. The molecule has 88 valence electrons. The van der Waals surface area contributed by atoms with Gasteiger partial charge in [0.2, 0.25) is 0 Å². The SMILES string of the molecule is CC(C)=CCC(C)(C)C1OCCC(C)O1. The van der Waals surface area contributed by atoms with E-state index in [0.29, 0.717) is 6.10 Å². The number of ether oxygens (including phenoxy) is 2. The lowest BCUT2D eigenvalue weighted by molar-refractivity contribution is -0.251. The van der Waals surface area contributed by atoms with Gasteiger partial charge in [0, 0.05) is 5.41 Å². The number of rotatable bonds is 3. The maximum atomic E-state index is 5.83. The fraction of sp³-hybridized carbons (Fsp3) is 0.846. The molecule has 1 fully saturated rings. The van der Waals surface area contributed by atoms with Gasteiger partial charge >= 0.3 is 0 Å². The molecule has 1 aliphatic rings. The van der Waals surface area contributed by atoms with Crippen LogP contribution in [-0.2, 0) is 9.47 Å². The van der Waals surface area contributed by atoms with Gasteiger partial charge < -0.3 is 9.47 Å². The van der Waals surface area contributed by atoms with E-state index >= 15 is 0 Å². The topological polar surface area (TPSA) is 18.5 Å². The maximum absolute atomic E-state index is 5.83. The van der Waals surface area contributed by atoms with Crippen LogP contribution in [0.25, 0.3) is 0 Å². The Bertz CT molecular complexity index is 227. The third kappa shape index (κ3) is 3.96. The van der Waals surface area contributed by atoms with Crippen molar-refractivity contribution in [3.05, 3.63) is 11.6 Å². The molecule has 2 nitrogen and oxygen atoms in total. The van der Waals surface area contributed by atoms with E-state index in [1.54, 1.807) is 0 Å². The van der Waals surface area contributed by atoms with Gasteiger partial charge in [0.05, 0.1) is 12.7 Å². The fourth-order valence-corrected chi connectivity index (χ4v) is 1.63. The summed E-state index contributed by atoms with van der Waals surface area (Å²) in [6, 6.07) is 0. The molecule has 0 N–H and O–H groups in total. The van der Waals surface area contributed by atoms with E-state index in [0.717, 1.165) is 19.4 Å². The molecular formula is C13H24O2. The van der Waals surface area contributed by atoms with Crippen molar-refractivity contribution >= 4 is 0 Å². The molecule has 0 aromatic rings. The molecule has 1 saturated heterocycles. The highest BCUT2D eigenvalue weighted by molar-refractivity contribution is 4.97. The van der Waals surface area contributed by atoms with Crippen LogP contribution < -0.4 is 0 Å². The lowest BCUT2D eigenvalue weighted by atomic mass is 9.87. The van der Waals surface area contributed by atoms with E-state index in [9.17, 15) is 0 Å². The highest BCUT2D eigenvalue weighted by atomic mass is 16.7. The zero-order valence-corrected chi connectivity index (χ0v) is 10.7. The molecule has 2 atom stereocenters.